The number of carbonyl (C=O) groups is 1. The SMILES string of the molecule is O=C(NC1Cc2cccc(-c3c(F)cccc3F)c2O1)OCc1ccccc1. The predicted molar refractivity (Wildman–Crippen MR) is 99.7 cm³/mol. The number of alkyl carbamates (subject to hydrolysis) is 1. The predicted octanol–water partition coefficient (Wildman–Crippen LogP) is 4.82. The van der Waals surface area contributed by atoms with Crippen molar-refractivity contribution in [3.63, 3.8) is 0 Å². The summed E-state index contributed by atoms with van der Waals surface area (Å²) in [6.45, 7) is 0.137. The zero-order chi connectivity index (χ0) is 19.5. The molecule has 1 aliphatic rings. The summed E-state index contributed by atoms with van der Waals surface area (Å²) in [5.41, 5.74) is 1.79. The molecular formula is C22H17F2NO3. The van der Waals surface area contributed by atoms with Gasteiger partial charge in [0, 0.05) is 17.5 Å². The molecule has 4 rings (SSSR count). The van der Waals surface area contributed by atoms with Gasteiger partial charge in [0.15, 0.2) is 6.23 Å². The Morgan fingerprint density at radius 2 is 1.71 bits per heavy atom. The number of nitrogens with one attached hydrogen (secondary N) is 1. The lowest BCUT2D eigenvalue weighted by atomic mass is 10.00. The minimum absolute atomic E-state index is 0.137. The molecule has 0 aliphatic carbocycles. The standard InChI is InChI=1S/C22H17F2NO3/c23-17-10-5-11-18(24)20(17)16-9-4-8-15-12-19(28-21(15)16)25-22(26)27-13-14-6-2-1-3-7-14/h1-11,19H,12-13H2,(H,25,26). The van der Waals surface area contributed by atoms with Crippen molar-refractivity contribution in [1.29, 1.82) is 0 Å². The van der Waals surface area contributed by atoms with Crippen molar-refractivity contribution in [3.05, 3.63) is 89.5 Å². The molecular weight excluding hydrogens is 364 g/mol. The lowest BCUT2D eigenvalue weighted by Crippen LogP contribution is -2.38. The van der Waals surface area contributed by atoms with Gasteiger partial charge < -0.3 is 9.47 Å². The number of halogens is 2. The summed E-state index contributed by atoms with van der Waals surface area (Å²) >= 11 is 0. The van der Waals surface area contributed by atoms with Gasteiger partial charge in [0.2, 0.25) is 0 Å². The van der Waals surface area contributed by atoms with Crippen LogP contribution in [0, 0.1) is 11.6 Å². The second-order valence-corrected chi connectivity index (χ2v) is 6.41. The van der Waals surface area contributed by atoms with Crippen LogP contribution in [0.1, 0.15) is 11.1 Å². The van der Waals surface area contributed by atoms with Crippen molar-refractivity contribution >= 4 is 6.09 Å². The van der Waals surface area contributed by atoms with Crippen molar-refractivity contribution < 1.29 is 23.0 Å². The molecule has 1 atom stereocenters. The summed E-state index contributed by atoms with van der Waals surface area (Å²) in [4.78, 5) is 12.1. The zero-order valence-corrected chi connectivity index (χ0v) is 14.8. The molecule has 0 saturated carbocycles. The van der Waals surface area contributed by atoms with Crippen molar-refractivity contribution in [2.45, 2.75) is 19.3 Å². The van der Waals surface area contributed by atoms with Crippen LogP contribution in [0.5, 0.6) is 5.75 Å². The second-order valence-electron chi connectivity index (χ2n) is 6.41. The van der Waals surface area contributed by atoms with Gasteiger partial charge in [-0.3, -0.25) is 5.32 Å². The number of para-hydroxylation sites is 1. The molecule has 3 aromatic carbocycles. The van der Waals surface area contributed by atoms with Crippen LogP contribution < -0.4 is 10.1 Å². The Morgan fingerprint density at radius 3 is 2.46 bits per heavy atom. The Hall–Kier alpha value is -3.41. The first-order chi connectivity index (χ1) is 13.6. The van der Waals surface area contributed by atoms with Crippen LogP contribution in [0.25, 0.3) is 11.1 Å². The van der Waals surface area contributed by atoms with E-state index in [1.807, 2.05) is 30.3 Å². The van der Waals surface area contributed by atoms with Crippen LogP contribution in [0.3, 0.4) is 0 Å². The number of hydrogen-bond acceptors (Lipinski definition) is 3. The van der Waals surface area contributed by atoms with Gasteiger partial charge in [-0.25, -0.2) is 13.6 Å². The largest absolute Gasteiger partial charge is 0.469 e. The molecule has 3 aromatic rings. The number of benzene rings is 3. The topological polar surface area (TPSA) is 47.6 Å². The van der Waals surface area contributed by atoms with Crippen LogP contribution in [0.4, 0.5) is 13.6 Å². The summed E-state index contributed by atoms with van der Waals surface area (Å²) < 4.78 is 39.3. The molecule has 28 heavy (non-hydrogen) atoms. The number of ether oxygens (including phenoxy) is 2. The molecule has 0 spiro atoms. The second kappa shape index (κ2) is 7.68. The number of carbonyl (C=O) groups excluding carboxylic acids is 1. The number of fused-ring (bicyclic) bond motifs is 1. The van der Waals surface area contributed by atoms with E-state index in [-0.39, 0.29) is 12.2 Å². The average Bonchev–Trinajstić information content (AvgIpc) is 3.10. The van der Waals surface area contributed by atoms with Crippen LogP contribution in [0.2, 0.25) is 0 Å². The van der Waals surface area contributed by atoms with Crippen LogP contribution in [0.15, 0.2) is 66.7 Å². The first-order valence-corrected chi connectivity index (χ1v) is 8.82. The maximum absolute atomic E-state index is 14.2. The van der Waals surface area contributed by atoms with E-state index in [0.717, 1.165) is 11.1 Å². The Labute approximate surface area is 160 Å². The number of amides is 1. The summed E-state index contributed by atoms with van der Waals surface area (Å²) in [6, 6.07) is 18.1. The number of hydrogen-bond donors (Lipinski definition) is 1. The van der Waals surface area contributed by atoms with Crippen molar-refractivity contribution in [2.75, 3.05) is 0 Å². The van der Waals surface area contributed by atoms with Crippen LogP contribution in [-0.4, -0.2) is 12.3 Å². The van der Waals surface area contributed by atoms with E-state index in [2.05, 4.69) is 5.32 Å². The highest BCUT2D eigenvalue weighted by molar-refractivity contribution is 5.74. The van der Waals surface area contributed by atoms with Gasteiger partial charge in [-0.1, -0.05) is 54.6 Å². The van der Waals surface area contributed by atoms with Gasteiger partial charge in [0.25, 0.3) is 0 Å². The smallest absolute Gasteiger partial charge is 0.410 e. The molecule has 1 heterocycles. The monoisotopic (exact) mass is 381 g/mol. The minimum atomic E-state index is -0.672. The molecule has 0 fully saturated rings. The maximum atomic E-state index is 14.2. The van der Waals surface area contributed by atoms with E-state index in [1.165, 1.54) is 18.2 Å². The molecule has 0 bridgehead atoms. The molecule has 0 aromatic heterocycles. The third-order valence-electron chi connectivity index (χ3n) is 4.49. The van der Waals surface area contributed by atoms with Crippen molar-refractivity contribution in [3.8, 4) is 16.9 Å². The van der Waals surface area contributed by atoms with Gasteiger partial charge in [0.05, 0.1) is 5.56 Å². The summed E-state index contributed by atoms with van der Waals surface area (Å²) in [5, 5.41) is 2.63. The van der Waals surface area contributed by atoms with Crippen molar-refractivity contribution in [2.24, 2.45) is 0 Å². The fourth-order valence-electron chi connectivity index (χ4n) is 3.20. The molecule has 1 aliphatic heterocycles. The number of rotatable bonds is 4. The van der Waals surface area contributed by atoms with Gasteiger partial charge in [-0.2, -0.15) is 0 Å². The Balaban J connectivity index is 1.46. The van der Waals surface area contributed by atoms with Crippen molar-refractivity contribution in [1.82, 2.24) is 5.32 Å². The normalized spacial score (nSPS) is 14.9. The van der Waals surface area contributed by atoms with E-state index in [0.29, 0.717) is 17.7 Å². The fraction of sp³-hybridized carbons (Fsp3) is 0.136. The molecule has 6 heteroatoms. The minimum Gasteiger partial charge on any atom is -0.469 e. The first kappa shape index (κ1) is 18.0. The van der Waals surface area contributed by atoms with Gasteiger partial charge in [-0.15, -0.1) is 0 Å². The van der Waals surface area contributed by atoms with Gasteiger partial charge >= 0.3 is 6.09 Å². The third-order valence-corrected chi connectivity index (χ3v) is 4.49. The molecule has 0 saturated heterocycles. The lowest BCUT2D eigenvalue weighted by molar-refractivity contribution is 0.113. The molecule has 4 nitrogen and oxygen atoms in total. The third kappa shape index (κ3) is 3.67. The molecule has 0 radical (unpaired) electrons. The van der Waals surface area contributed by atoms with E-state index in [1.54, 1.807) is 18.2 Å². The maximum Gasteiger partial charge on any atom is 0.410 e. The zero-order valence-electron chi connectivity index (χ0n) is 14.8. The van der Waals surface area contributed by atoms with Gasteiger partial charge in [-0.05, 0) is 17.7 Å². The van der Waals surface area contributed by atoms with Crippen LogP contribution in [-0.2, 0) is 17.8 Å². The summed E-state index contributed by atoms with van der Waals surface area (Å²) in [6.07, 6.45) is -0.922. The highest BCUT2D eigenvalue weighted by Crippen LogP contribution is 2.40. The fourth-order valence-corrected chi connectivity index (χ4v) is 3.20. The lowest BCUT2D eigenvalue weighted by Gasteiger charge is -2.15. The van der Waals surface area contributed by atoms with E-state index in [9.17, 15) is 13.6 Å². The molecule has 1 amide bonds. The van der Waals surface area contributed by atoms with E-state index < -0.39 is 24.0 Å². The highest BCUT2D eigenvalue weighted by Gasteiger charge is 2.29. The molecule has 142 valence electrons. The molecule has 1 N–H and O–H groups in total. The van der Waals surface area contributed by atoms with Gasteiger partial charge in [0.1, 0.15) is 24.0 Å². The Kier molecular flexibility index (Phi) is 4.93. The summed E-state index contributed by atoms with van der Waals surface area (Å²) in [5.74, 6) is -0.980. The first-order valence-electron chi connectivity index (χ1n) is 8.82. The molecule has 1 unspecified atom stereocenters. The Morgan fingerprint density at radius 1 is 1.00 bits per heavy atom. The summed E-state index contributed by atoms with van der Waals surface area (Å²) in [7, 11) is 0. The Bertz CT molecular complexity index is 988. The highest BCUT2D eigenvalue weighted by atomic mass is 19.1. The quantitative estimate of drug-likeness (QED) is 0.705. The van der Waals surface area contributed by atoms with Crippen LogP contribution >= 0.6 is 0 Å². The van der Waals surface area contributed by atoms with E-state index >= 15 is 0 Å². The van der Waals surface area contributed by atoms with E-state index in [4.69, 9.17) is 9.47 Å². The average molecular weight is 381 g/mol.